The molecule has 0 saturated heterocycles. The number of nitrogens with two attached hydrogens (primary N) is 1. The summed E-state index contributed by atoms with van der Waals surface area (Å²) >= 11 is 0. The first-order valence-electron chi connectivity index (χ1n) is 11.4. The summed E-state index contributed by atoms with van der Waals surface area (Å²) in [7, 11) is 1.42. The van der Waals surface area contributed by atoms with Crippen molar-refractivity contribution in [3.63, 3.8) is 0 Å². The topological polar surface area (TPSA) is 156 Å². The number of nitrogens with zero attached hydrogens (tertiary/aromatic N) is 2. The summed E-state index contributed by atoms with van der Waals surface area (Å²) < 4.78 is 10.1. The molecule has 0 aromatic heterocycles. The molecule has 3 amide bonds. The second kappa shape index (κ2) is 14.3. The van der Waals surface area contributed by atoms with Gasteiger partial charge >= 0.3 is 12.0 Å². The zero-order valence-corrected chi connectivity index (χ0v) is 20.6. The molecule has 5 N–H and O–H groups in total. The number of oxime groups is 1. The second-order valence-electron chi connectivity index (χ2n) is 7.93. The van der Waals surface area contributed by atoms with Crippen LogP contribution in [0, 0.1) is 0 Å². The Balaban J connectivity index is 2.05. The molecule has 0 heterocycles. The quantitative estimate of drug-likeness (QED) is 0.0872. The predicted octanol–water partition coefficient (Wildman–Crippen LogP) is 2.27. The average Bonchev–Trinajstić information content (AvgIpc) is 2.88. The molecule has 2 unspecified atom stereocenters. The van der Waals surface area contributed by atoms with E-state index in [1.807, 2.05) is 18.2 Å². The molecule has 0 aliphatic carbocycles. The Morgan fingerprint density at radius 3 is 2.31 bits per heavy atom. The van der Waals surface area contributed by atoms with Crippen molar-refractivity contribution in [2.45, 2.75) is 32.4 Å². The number of amides is 3. The lowest BCUT2D eigenvalue weighted by atomic mass is 10.0. The highest BCUT2D eigenvalue weighted by Crippen LogP contribution is 2.18. The third kappa shape index (κ3) is 8.58. The van der Waals surface area contributed by atoms with Gasteiger partial charge in [0.1, 0.15) is 13.3 Å². The number of carbonyl (C=O) groups is 3. The molecule has 0 spiro atoms. The van der Waals surface area contributed by atoms with Gasteiger partial charge in [-0.15, -0.1) is 0 Å². The minimum Gasteiger partial charge on any atom is -0.466 e. The van der Waals surface area contributed by atoms with Crippen LogP contribution in [0.1, 0.15) is 49.0 Å². The highest BCUT2D eigenvalue weighted by molar-refractivity contribution is 5.97. The number of nitrogens with one attached hydrogen (secondary N) is 2. The standard InChI is InChI=1S/C25H33N5O6/c1-4-36-23(32)14-21(19-8-6-5-7-9-19)28-22(31)15-30(16-35-3)25(33)27-17(2)18-10-12-20(13-11-18)24(26)29-34/h5-13,17,21,34H,4,14-16H2,1-3H3,(H2,26,29)(H,27,33)(H,28,31). The maximum atomic E-state index is 12.9. The van der Waals surface area contributed by atoms with Crippen molar-refractivity contribution in [1.29, 1.82) is 0 Å². The van der Waals surface area contributed by atoms with Crippen LogP contribution in [0.5, 0.6) is 0 Å². The van der Waals surface area contributed by atoms with Crippen LogP contribution in [0.15, 0.2) is 59.8 Å². The predicted molar refractivity (Wildman–Crippen MR) is 133 cm³/mol. The molecule has 2 rings (SSSR count). The summed E-state index contributed by atoms with van der Waals surface area (Å²) in [5.74, 6) is -0.923. The van der Waals surface area contributed by atoms with Crippen molar-refractivity contribution in [1.82, 2.24) is 15.5 Å². The van der Waals surface area contributed by atoms with Gasteiger partial charge in [-0.25, -0.2) is 4.79 Å². The summed E-state index contributed by atoms with van der Waals surface area (Å²) in [4.78, 5) is 39.0. The normalized spacial score (nSPS) is 12.8. The molecule has 36 heavy (non-hydrogen) atoms. The fraction of sp³-hybridized carbons (Fsp3) is 0.360. The molecule has 2 atom stereocenters. The van der Waals surface area contributed by atoms with Gasteiger partial charge in [0, 0.05) is 12.7 Å². The zero-order chi connectivity index (χ0) is 26.5. The molecule has 2 aromatic rings. The third-order valence-electron chi connectivity index (χ3n) is 5.27. The summed E-state index contributed by atoms with van der Waals surface area (Å²) in [6.45, 7) is 3.32. The van der Waals surface area contributed by atoms with E-state index in [2.05, 4.69) is 15.8 Å². The largest absolute Gasteiger partial charge is 0.466 e. The Hall–Kier alpha value is -4.12. The van der Waals surface area contributed by atoms with E-state index in [1.54, 1.807) is 50.2 Å². The van der Waals surface area contributed by atoms with Gasteiger partial charge in [-0.3, -0.25) is 14.5 Å². The lowest BCUT2D eigenvalue weighted by molar-refractivity contribution is -0.143. The minimum absolute atomic E-state index is 0.0210. The lowest BCUT2D eigenvalue weighted by Crippen LogP contribution is -2.47. The molecule has 0 saturated carbocycles. The van der Waals surface area contributed by atoms with Crippen LogP contribution >= 0.6 is 0 Å². The molecule has 0 aliphatic rings. The molecular formula is C25H33N5O6. The van der Waals surface area contributed by atoms with Crippen molar-refractivity contribution in [2.75, 3.05) is 27.0 Å². The second-order valence-corrected chi connectivity index (χ2v) is 7.93. The number of rotatable bonds is 12. The number of urea groups is 1. The number of amidine groups is 1. The van der Waals surface area contributed by atoms with E-state index < -0.39 is 30.0 Å². The molecule has 0 bridgehead atoms. The number of hydrogen-bond donors (Lipinski definition) is 4. The summed E-state index contributed by atoms with van der Waals surface area (Å²) in [6.07, 6.45) is -0.0431. The molecule has 0 fully saturated rings. The van der Waals surface area contributed by atoms with Gasteiger partial charge in [0.15, 0.2) is 5.84 Å². The Labute approximate surface area is 210 Å². The van der Waals surface area contributed by atoms with Crippen LogP contribution in [-0.2, 0) is 19.1 Å². The van der Waals surface area contributed by atoms with Gasteiger partial charge in [-0.2, -0.15) is 0 Å². The molecule has 0 radical (unpaired) electrons. The van der Waals surface area contributed by atoms with Crippen LogP contribution in [0.4, 0.5) is 4.79 Å². The summed E-state index contributed by atoms with van der Waals surface area (Å²) in [6, 6.07) is 14.3. The van der Waals surface area contributed by atoms with E-state index in [4.69, 9.17) is 20.4 Å². The Morgan fingerprint density at radius 1 is 1.06 bits per heavy atom. The van der Waals surface area contributed by atoms with Crippen molar-refractivity contribution in [3.8, 4) is 0 Å². The van der Waals surface area contributed by atoms with Crippen LogP contribution in [-0.4, -0.2) is 60.8 Å². The summed E-state index contributed by atoms with van der Waals surface area (Å²) in [5, 5.41) is 17.4. The van der Waals surface area contributed by atoms with E-state index >= 15 is 0 Å². The molecule has 0 aliphatic heterocycles. The number of methoxy groups -OCH3 is 1. The maximum Gasteiger partial charge on any atom is 0.320 e. The first-order chi connectivity index (χ1) is 17.3. The maximum absolute atomic E-state index is 12.9. The first kappa shape index (κ1) is 28.1. The average molecular weight is 500 g/mol. The van der Waals surface area contributed by atoms with Crippen LogP contribution in [0.2, 0.25) is 0 Å². The van der Waals surface area contributed by atoms with Gasteiger partial charge < -0.3 is 31.0 Å². The monoisotopic (exact) mass is 499 g/mol. The number of esters is 1. The molecule has 2 aromatic carbocycles. The fourth-order valence-corrected chi connectivity index (χ4v) is 3.43. The Morgan fingerprint density at radius 2 is 1.72 bits per heavy atom. The lowest BCUT2D eigenvalue weighted by Gasteiger charge is -2.26. The van der Waals surface area contributed by atoms with Crippen molar-refractivity contribution in [2.24, 2.45) is 10.9 Å². The molecule has 11 nitrogen and oxygen atoms in total. The highest BCUT2D eigenvalue weighted by Gasteiger charge is 2.23. The van der Waals surface area contributed by atoms with Gasteiger partial charge in [-0.1, -0.05) is 59.8 Å². The van der Waals surface area contributed by atoms with Crippen molar-refractivity contribution in [3.05, 3.63) is 71.3 Å². The van der Waals surface area contributed by atoms with Crippen LogP contribution < -0.4 is 16.4 Å². The minimum atomic E-state index is -0.613. The van der Waals surface area contributed by atoms with E-state index in [0.717, 1.165) is 11.1 Å². The van der Waals surface area contributed by atoms with Gasteiger partial charge in [0.05, 0.1) is 25.1 Å². The van der Waals surface area contributed by atoms with Gasteiger partial charge in [0.25, 0.3) is 0 Å². The van der Waals surface area contributed by atoms with E-state index in [9.17, 15) is 14.4 Å². The van der Waals surface area contributed by atoms with E-state index in [-0.39, 0.29) is 32.1 Å². The Kier molecular flexibility index (Phi) is 11.2. The number of ether oxygens (including phenoxy) is 2. The van der Waals surface area contributed by atoms with Crippen LogP contribution in [0.25, 0.3) is 0 Å². The number of benzene rings is 2. The zero-order valence-electron chi connectivity index (χ0n) is 20.6. The van der Waals surface area contributed by atoms with E-state index in [1.165, 1.54) is 12.0 Å². The SMILES string of the molecule is CCOC(=O)CC(NC(=O)CN(COC)C(=O)NC(C)c1ccc(/C(N)=N/O)cc1)c1ccccc1. The molecule has 11 heteroatoms. The first-order valence-corrected chi connectivity index (χ1v) is 11.4. The van der Waals surface area contributed by atoms with Crippen molar-refractivity contribution < 1.29 is 29.1 Å². The Bertz CT molecular complexity index is 1030. The van der Waals surface area contributed by atoms with Crippen molar-refractivity contribution >= 4 is 23.7 Å². The molecule has 194 valence electrons. The smallest absolute Gasteiger partial charge is 0.320 e. The fourth-order valence-electron chi connectivity index (χ4n) is 3.43. The van der Waals surface area contributed by atoms with E-state index in [0.29, 0.717) is 5.56 Å². The van der Waals surface area contributed by atoms with Gasteiger partial charge in [-0.05, 0) is 25.0 Å². The van der Waals surface area contributed by atoms with Crippen LogP contribution in [0.3, 0.4) is 0 Å². The number of hydrogen-bond acceptors (Lipinski definition) is 7. The number of carbonyl (C=O) groups excluding carboxylic acids is 3. The van der Waals surface area contributed by atoms with Gasteiger partial charge in [0.2, 0.25) is 5.91 Å². The highest BCUT2D eigenvalue weighted by atomic mass is 16.5. The molecular weight excluding hydrogens is 466 g/mol. The summed E-state index contributed by atoms with van der Waals surface area (Å²) in [5.41, 5.74) is 7.63. The third-order valence-corrected chi connectivity index (χ3v) is 5.27.